The minimum atomic E-state index is -0.224. The van der Waals surface area contributed by atoms with Crippen molar-refractivity contribution in [1.82, 2.24) is 19.9 Å². The second kappa shape index (κ2) is 7.24. The predicted octanol–water partition coefficient (Wildman–Crippen LogP) is 2.77. The molecule has 1 atom stereocenters. The zero-order valence-electron chi connectivity index (χ0n) is 15.7. The highest BCUT2D eigenvalue weighted by atomic mass is 16.5. The van der Waals surface area contributed by atoms with Crippen LogP contribution in [-0.4, -0.2) is 58.5 Å². The summed E-state index contributed by atoms with van der Waals surface area (Å²) in [6.07, 6.45) is 5.82. The first-order valence-corrected chi connectivity index (χ1v) is 9.84. The van der Waals surface area contributed by atoms with E-state index in [4.69, 9.17) is 9.72 Å². The SMILES string of the molecule is O=C(c1ccc2[nH]ccc2c1)N1CCO[C@@H](c2ccnc(N3CCCC3)n2)C1. The number of aromatic nitrogens is 3. The number of anilines is 1. The van der Waals surface area contributed by atoms with Gasteiger partial charge in [-0.3, -0.25) is 4.79 Å². The molecule has 2 fully saturated rings. The highest BCUT2D eigenvalue weighted by molar-refractivity contribution is 5.98. The number of nitrogens with zero attached hydrogens (tertiary/aromatic N) is 4. The van der Waals surface area contributed by atoms with Gasteiger partial charge in [-0.2, -0.15) is 0 Å². The quantitative estimate of drug-likeness (QED) is 0.760. The average Bonchev–Trinajstić information content (AvgIpc) is 3.45. The van der Waals surface area contributed by atoms with Gasteiger partial charge in [-0.05, 0) is 43.2 Å². The van der Waals surface area contributed by atoms with Gasteiger partial charge in [-0.25, -0.2) is 9.97 Å². The minimum Gasteiger partial charge on any atom is -0.368 e. The van der Waals surface area contributed by atoms with E-state index in [0.29, 0.717) is 25.3 Å². The number of hydrogen-bond acceptors (Lipinski definition) is 5. The van der Waals surface area contributed by atoms with Crippen molar-refractivity contribution >= 4 is 22.8 Å². The Labute approximate surface area is 163 Å². The summed E-state index contributed by atoms with van der Waals surface area (Å²) in [7, 11) is 0. The number of fused-ring (bicyclic) bond motifs is 1. The summed E-state index contributed by atoms with van der Waals surface area (Å²) in [5.74, 6) is 0.796. The lowest BCUT2D eigenvalue weighted by molar-refractivity contribution is -0.0247. The van der Waals surface area contributed by atoms with E-state index in [1.54, 1.807) is 6.20 Å². The van der Waals surface area contributed by atoms with Crippen molar-refractivity contribution in [2.75, 3.05) is 37.7 Å². The molecule has 2 aliphatic heterocycles. The molecule has 3 aromatic rings. The zero-order chi connectivity index (χ0) is 18.9. The first-order chi connectivity index (χ1) is 13.8. The molecule has 7 heteroatoms. The van der Waals surface area contributed by atoms with Crippen LogP contribution in [0.4, 0.5) is 5.95 Å². The minimum absolute atomic E-state index is 0.0326. The van der Waals surface area contributed by atoms with E-state index in [1.165, 1.54) is 12.8 Å². The second-order valence-corrected chi connectivity index (χ2v) is 7.37. The van der Waals surface area contributed by atoms with Crippen LogP contribution < -0.4 is 4.90 Å². The molecule has 2 aromatic heterocycles. The van der Waals surface area contributed by atoms with Gasteiger partial charge in [-0.1, -0.05) is 0 Å². The zero-order valence-corrected chi connectivity index (χ0v) is 15.7. The molecule has 1 amide bonds. The van der Waals surface area contributed by atoms with E-state index in [0.717, 1.165) is 35.6 Å². The summed E-state index contributed by atoms with van der Waals surface area (Å²) in [6, 6.07) is 9.64. The van der Waals surface area contributed by atoms with Crippen molar-refractivity contribution in [3.8, 4) is 0 Å². The van der Waals surface area contributed by atoms with Gasteiger partial charge in [0.15, 0.2) is 0 Å². The Hall–Kier alpha value is -2.93. The van der Waals surface area contributed by atoms with Crippen LogP contribution in [0.1, 0.15) is 35.0 Å². The topological polar surface area (TPSA) is 74.3 Å². The molecule has 0 unspecified atom stereocenters. The van der Waals surface area contributed by atoms with Crippen molar-refractivity contribution in [2.45, 2.75) is 18.9 Å². The summed E-state index contributed by atoms with van der Waals surface area (Å²) in [6.45, 7) is 3.60. The fourth-order valence-corrected chi connectivity index (χ4v) is 3.99. The van der Waals surface area contributed by atoms with Crippen LogP contribution in [-0.2, 0) is 4.74 Å². The van der Waals surface area contributed by atoms with Crippen LogP contribution in [0.5, 0.6) is 0 Å². The third kappa shape index (κ3) is 3.22. The highest BCUT2D eigenvalue weighted by Gasteiger charge is 2.28. The maximum absolute atomic E-state index is 13.0. The summed E-state index contributed by atoms with van der Waals surface area (Å²) < 4.78 is 5.95. The number of carbonyl (C=O) groups excluding carboxylic acids is 1. The van der Waals surface area contributed by atoms with E-state index >= 15 is 0 Å². The van der Waals surface area contributed by atoms with Gasteiger partial charge in [0.1, 0.15) is 6.10 Å². The van der Waals surface area contributed by atoms with E-state index in [-0.39, 0.29) is 12.0 Å². The number of hydrogen-bond donors (Lipinski definition) is 1. The molecule has 28 heavy (non-hydrogen) atoms. The molecule has 2 saturated heterocycles. The normalized spacial score (nSPS) is 20.1. The molecule has 1 aromatic carbocycles. The lowest BCUT2D eigenvalue weighted by Crippen LogP contribution is -2.42. The maximum atomic E-state index is 13.0. The van der Waals surface area contributed by atoms with Crippen molar-refractivity contribution in [1.29, 1.82) is 0 Å². The maximum Gasteiger partial charge on any atom is 0.254 e. The highest BCUT2D eigenvalue weighted by Crippen LogP contribution is 2.25. The number of nitrogens with one attached hydrogen (secondary N) is 1. The summed E-state index contributed by atoms with van der Waals surface area (Å²) >= 11 is 0. The molecule has 2 aliphatic rings. The summed E-state index contributed by atoms with van der Waals surface area (Å²) in [4.78, 5) is 29.4. The molecule has 0 aliphatic carbocycles. The van der Waals surface area contributed by atoms with Crippen LogP contribution in [0, 0.1) is 0 Å². The van der Waals surface area contributed by atoms with Crippen molar-refractivity contribution in [3.63, 3.8) is 0 Å². The lowest BCUT2D eigenvalue weighted by atomic mass is 10.1. The van der Waals surface area contributed by atoms with Gasteiger partial charge in [0.25, 0.3) is 5.91 Å². The van der Waals surface area contributed by atoms with Crippen LogP contribution in [0.2, 0.25) is 0 Å². The fourth-order valence-electron chi connectivity index (χ4n) is 3.99. The number of carbonyl (C=O) groups is 1. The standard InChI is InChI=1S/C21H23N5O2/c27-20(16-3-4-17-15(13-16)5-7-22-17)26-11-12-28-19(14-26)18-6-8-23-21(24-18)25-9-1-2-10-25/h3-8,13,19,22H,1-2,9-12,14H2/t19-/m1/s1. The third-order valence-electron chi connectivity index (χ3n) is 5.54. The van der Waals surface area contributed by atoms with Gasteiger partial charge < -0.3 is 19.5 Å². The average molecular weight is 377 g/mol. The van der Waals surface area contributed by atoms with E-state index < -0.39 is 0 Å². The van der Waals surface area contributed by atoms with Gasteiger partial charge in [0, 0.05) is 48.5 Å². The molecule has 7 nitrogen and oxygen atoms in total. The first kappa shape index (κ1) is 17.2. The van der Waals surface area contributed by atoms with Crippen molar-refractivity contribution in [2.24, 2.45) is 0 Å². The van der Waals surface area contributed by atoms with Crippen LogP contribution in [0.15, 0.2) is 42.7 Å². The van der Waals surface area contributed by atoms with E-state index in [1.807, 2.05) is 41.4 Å². The molecular formula is C21H23N5O2. The number of ether oxygens (including phenoxy) is 1. The molecule has 0 bridgehead atoms. The number of amides is 1. The van der Waals surface area contributed by atoms with Gasteiger partial charge in [-0.15, -0.1) is 0 Å². The van der Waals surface area contributed by atoms with Gasteiger partial charge >= 0.3 is 0 Å². The molecule has 1 N–H and O–H groups in total. The number of rotatable bonds is 3. The van der Waals surface area contributed by atoms with Gasteiger partial charge in [0.2, 0.25) is 5.95 Å². The lowest BCUT2D eigenvalue weighted by Gasteiger charge is -2.33. The van der Waals surface area contributed by atoms with Crippen molar-refractivity contribution in [3.05, 3.63) is 54.0 Å². The molecule has 0 saturated carbocycles. The predicted molar refractivity (Wildman–Crippen MR) is 106 cm³/mol. The Kier molecular flexibility index (Phi) is 4.44. The number of aromatic amines is 1. The van der Waals surface area contributed by atoms with Crippen LogP contribution >= 0.6 is 0 Å². The molecule has 0 spiro atoms. The summed E-state index contributed by atoms with van der Waals surface area (Å²) in [5.41, 5.74) is 2.58. The largest absolute Gasteiger partial charge is 0.368 e. The van der Waals surface area contributed by atoms with Crippen molar-refractivity contribution < 1.29 is 9.53 Å². The Bertz CT molecular complexity index is 995. The Balaban J connectivity index is 1.34. The Morgan fingerprint density at radius 2 is 2.04 bits per heavy atom. The Morgan fingerprint density at radius 1 is 1.14 bits per heavy atom. The van der Waals surface area contributed by atoms with Crippen LogP contribution in [0.25, 0.3) is 10.9 Å². The molecule has 5 rings (SSSR count). The monoisotopic (exact) mass is 377 g/mol. The number of benzene rings is 1. The number of H-pyrrole nitrogens is 1. The molecule has 0 radical (unpaired) electrons. The van der Waals surface area contributed by atoms with Gasteiger partial charge in [0.05, 0.1) is 18.8 Å². The first-order valence-electron chi connectivity index (χ1n) is 9.84. The van der Waals surface area contributed by atoms with Crippen LogP contribution in [0.3, 0.4) is 0 Å². The fraction of sp³-hybridized carbons (Fsp3) is 0.381. The van der Waals surface area contributed by atoms with E-state index in [9.17, 15) is 4.79 Å². The molecule has 4 heterocycles. The third-order valence-corrected chi connectivity index (χ3v) is 5.54. The summed E-state index contributed by atoms with van der Waals surface area (Å²) in [5, 5.41) is 1.04. The molecular weight excluding hydrogens is 354 g/mol. The van der Waals surface area contributed by atoms with E-state index in [2.05, 4.69) is 14.9 Å². The second-order valence-electron chi connectivity index (χ2n) is 7.37. The smallest absolute Gasteiger partial charge is 0.254 e. The molecule has 144 valence electrons. The Morgan fingerprint density at radius 3 is 2.93 bits per heavy atom. The number of morpholine rings is 1.